The van der Waals surface area contributed by atoms with Crippen molar-refractivity contribution in [2.45, 2.75) is 13.8 Å². The number of H-pyrrole nitrogens is 1. The Morgan fingerprint density at radius 1 is 0.889 bits per heavy atom. The lowest BCUT2D eigenvalue weighted by Gasteiger charge is -2.20. The van der Waals surface area contributed by atoms with Crippen molar-refractivity contribution in [2.24, 2.45) is 0 Å². The van der Waals surface area contributed by atoms with Crippen LogP contribution < -0.4 is 4.90 Å². The van der Waals surface area contributed by atoms with Crippen LogP contribution in [0.1, 0.15) is 13.8 Å². The minimum absolute atomic E-state index is 1.05. The van der Waals surface area contributed by atoms with Gasteiger partial charge < -0.3 is 9.88 Å². The minimum atomic E-state index is 1.05. The molecule has 0 saturated heterocycles. The van der Waals surface area contributed by atoms with E-state index in [4.69, 9.17) is 0 Å². The summed E-state index contributed by atoms with van der Waals surface area (Å²) in [6.45, 7) is 6.49. The normalized spacial score (nSPS) is 11.2. The van der Waals surface area contributed by atoms with E-state index in [0.29, 0.717) is 0 Å². The molecule has 92 valence electrons. The maximum Gasteiger partial charge on any atom is 0.0466 e. The molecule has 2 heteroatoms. The third kappa shape index (κ3) is 1.65. The predicted octanol–water partition coefficient (Wildman–Crippen LogP) is 4.17. The summed E-state index contributed by atoms with van der Waals surface area (Å²) < 4.78 is 0. The zero-order valence-electron chi connectivity index (χ0n) is 10.9. The Kier molecular flexibility index (Phi) is 2.71. The fraction of sp³-hybridized carbons (Fsp3) is 0.250. The summed E-state index contributed by atoms with van der Waals surface area (Å²) in [6, 6.07) is 15.2. The van der Waals surface area contributed by atoms with E-state index in [2.05, 4.69) is 66.2 Å². The summed E-state index contributed by atoms with van der Waals surface area (Å²) in [4.78, 5) is 5.84. The number of hydrogen-bond acceptors (Lipinski definition) is 1. The molecule has 0 aliphatic heterocycles. The Bertz CT molecular complexity index is 678. The second kappa shape index (κ2) is 4.37. The van der Waals surface area contributed by atoms with E-state index in [1.807, 2.05) is 0 Å². The lowest BCUT2D eigenvalue weighted by Crippen LogP contribution is -2.21. The molecule has 0 fully saturated rings. The molecule has 0 saturated carbocycles. The highest BCUT2D eigenvalue weighted by Gasteiger charge is 2.07. The lowest BCUT2D eigenvalue weighted by molar-refractivity contribution is 0.867. The van der Waals surface area contributed by atoms with Gasteiger partial charge in [-0.15, -0.1) is 0 Å². The topological polar surface area (TPSA) is 19.0 Å². The molecule has 0 radical (unpaired) electrons. The Labute approximate surface area is 107 Å². The Morgan fingerprint density at radius 3 is 2.39 bits per heavy atom. The molecule has 1 heterocycles. The predicted molar refractivity (Wildman–Crippen MR) is 79.4 cm³/mol. The number of rotatable bonds is 3. The molecule has 0 amide bonds. The number of nitrogens with one attached hydrogen (secondary N) is 1. The quantitative estimate of drug-likeness (QED) is 0.725. The van der Waals surface area contributed by atoms with Crippen LogP contribution in [0.3, 0.4) is 0 Å². The first-order valence-corrected chi connectivity index (χ1v) is 6.59. The van der Waals surface area contributed by atoms with Gasteiger partial charge in [-0.05, 0) is 38.1 Å². The van der Waals surface area contributed by atoms with Crippen molar-refractivity contribution >= 4 is 27.5 Å². The molecule has 0 spiro atoms. The molecule has 1 N–H and O–H groups in total. The first-order valence-electron chi connectivity index (χ1n) is 6.59. The van der Waals surface area contributed by atoms with Gasteiger partial charge in [-0.25, -0.2) is 0 Å². The smallest absolute Gasteiger partial charge is 0.0466 e. The monoisotopic (exact) mass is 238 g/mol. The second-order valence-electron chi connectivity index (χ2n) is 4.57. The average molecular weight is 238 g/mol. The molecule has 0 unspecified atom stereocenters. The fourth-order valence-corrected chi connectivity index (χ4v) is 2.62. The van der Waals surface area contributed by atoms with Crippen molar-refractivity contribution in [1.29, 1.82) is 0 Å². The maximum atomic E-state index is 3.46. The molecular formula is C16H18N2. The standard InChI is InChI=1S/C16H18N2/c1-3-18(4-2)12-9-10-16-14(11-12)13-7-5-6-8-15(13)17-16/h5-11,17H,3-4H2,1-2H3. The van der Waals surface area contributed by atoms with E-state index < -0.39 is 0 Å². The van der Waals surface area contributed by atoms with Crippen molar-refractivity contribution < 1.29 is 0 Å². The Morgan fingerprint density at radius 2 is 1.61 bits per heavy atom. The van der Waals surface area contributed by atoms with Crippen LogP contribution in [0.15, 0.2) is 42.5 Å². The SMILES string of the molecule is CCN(CC)c1ccc2[nH]c3ccccc3c2c1. The highest BCUT2D eigenvalue weighted by atomic mass is 15.1. The summed E-state index contributed by atoms with van der Waals surface area (Å²) in [5, 5.41) is 2.62. The van der Waals surface area contributed by atoms with Crippen LogP contribution in [0.25, 0.3) is 21.8 Å². The van der Waals surface area contributed by atoms with E-state index in [0.717, 1.165) is 13.1 Å². The van der Waals surface area contributed by atoms with Crippen molar-refractivity contribution in [2.75, 3.05) is 18.0 Å². The van der Waals surface area contributed by atoms with Gasteiger partial charge in [-0.3, -0.25) is 0 Å². The van der Waals surface area contributed by atoms with Crippen LogP contribution in [0.4, 0.5) is 5.69 Å². The molecular weight excluding hydrogens is 220 g/mol. The zero-order chi connectivity index (χ0) is 12.5. The van der Waals surface area contributed by atoms with Gasteiger partial charge in [-0.1, -0.05) is 18.2 Å². The maximum absolute atomic E-state index is 3.46. The fourth-order valence-electron chi connectivity index (χ4n) is 2.62. The molecule has 3 aromatic rings. The van der Waals surface area contributed by atoms with E-state index in [1.54, 1.807) is 0 Å². The van der Waals surface area contributed by atoms with Crippen molar-refractivity contribution in [3.63, 3.8) is 0 Å². The van der Waals surface area contributed by atoms with Crippen LogP contribution in [0.5, 0.6) is 0 Å². The number of para-hydroxylation sites is 1. The molecule has 3 rings (SSSR count). The number of aromatic nitrogens is 1. The van der Waals surface area contributed by atoms with E-state index in [1.165, 1.54) is 27.5 Å². The molecule has 0 aliphatic carbocycles. The molecule has 0 atom stereocenters. The highest BCUT2D eigenvalue weighted by molar-refractivity contribution is 6.08. The highest BCUT2D eigenvalue weighted by Crippen LogP contribution is 2.28. The van der Waals surface area contributed by atoms with Crippen LogP contribution in [0, 0.1) is 0 Å². The number of fused-ring (bicyclic) bond motifs is 3. The molecule has 0 bridgehead atoms. The molecule has 0 aliphatic rings. The first-order chi connectivity index (χ1) is 8.83. The lowest BCUT2D eigenvalue weighted by atomic mass is 10.1. The van der Waals surface area contributed by atoms with Crippen molar-refractivity contribution in [1.82, 2.24) is 4.98 Å². The van der Waals surface area contributed by atoms with Gasteiger partial charge in [0.1, 0.15) is 0 Å². The first kappa shape index (κ1) is 11.1. The van der Waals surface area contributed by atoms with Gasteiger partial charge in [0.15, 0.2) is 0 Å². The summed E-state index contributed by atoms with van der Waals surface area (Å²) in [5.74, 6) is 0. The van der Waals surface area contributed by atoms with Crippen LogP contribution in [-0.4, -0.2) is 18.1 Å². The number of aromatic amines is 1. The molecule has 2 nitrogen and oxygen atoms in total. The molecule has 1 aromatic heterocycles. The number of anilines is 1. The van der Waals surface area contributed by atoms with Gasteiger partial charge in [0.25, 0.3) is 0 Å². The summed E-state index contributed by atoms with van der Waals surface area (Å²) in [7, 11) is 0. The van der Waals surface area contributed by atoms with Crippen molar-refractivity contribution in [3.05, 3.63) is 42.5 Å². The van der Waals surface area contributed by atoms with Crippen LogP contribution in [-0.2, 0) is 0 Å². The third-order valence-electron chi connectivity index (χ3n) is 3.62. The van der Waals surface area contributed by atoms with E-state index in [9.17, 15) is 0 Å². The van der Waals surface area contributed by atoms with Gasteiger partial charge in [0, 0.05) is 40.6 Å². The average Bonchev–Trinajstić information content (AvgIpc) is 2.78. The number of hydrogen-bond donors (Lipinski definition) is 1. The Hall–Kier alpha value is -1.96. The van der Waals surface area contributed by atoms with Gasteiger partial charge in [0.2, 0.25) is 0 Å². The van der Waals surface area contributed by atoms with Crippen molar-refractivity contribution in [3.8, 4) is 0 Å². The third-order valence-corrected chi connectivity index (χ3v) is 3.62. The van der Waals surface area contributed by atoms with Gasteiger partial charge in [0.05, 0.1) is 0 Å². The van der Waals surface area contributed by atoms with Crippen LogP contribution in [0.2, 0.25) is 0 Å². The second-order valence-corrected chi connectivity index (χ2v) is 4.57. The molecule has 2 aromatic carbocycles. The largest absolute Gasteiger partial charge is 0.372 e. The minimum Gasteiger partial charge on any atom is -0.372 e. The Balaban J connectivity index is 2.24. The summed E-state index contributed by atoms with van der Waals surface area (Å²) in [5.41, 5.74) is 3.73. The van der Waals surface area contributed by atoms with Crippen LogP contribution >= 0.6 is 0 Å². The summed E-state index contributed by atoms with van der Waals surface area (Å²) in [6.07, 6.45) is 0. The van der Waals surface area contributed by atoms with E-state index in [-0.39, 0.29) is 0 Å². The van der Waals surface area contributed by atoms with E-state index >= 15 is 0 Å². The zero-order valence-corrected chi connectivity index (χ0v) is 10.9. The molecule has 18 heavy (non-hydrogen) atoms. The number of benzene rings is 2. The van der Waals surface area contributed by atoms with Gasteiger partial charge in [-0.2, -0.15) is 0 Å². The number of nitrogens with zero attached hydrogens (tertiary/aromatic N) is 1. The summed E-state index contributed by atoms with van der Waals surface area (Å²) >= 11 is 0. The van der Waals surface area contributed by atoms with Gasteiger partial charge >= 0.3 is 0 Å².